The summed E-state index contributed by atoms with van der Waals surface area (Å²) in [7, 11) is 0. The van der Waals surface area contributed by atoms with Crippen molar-refractivity contribution >= 4 is 51.3 Å². The Bertz CT molecular complexity index is 1150. The number of rotatable bonds is 4. The minimum Gasteiger partial charge on any atom is -0.366 e. The van der Waals surface area contributed by atoms with Gasteiger partial charge in [0.15, 0.2) is 0 Å². The number of nitrogens with zero attached hydrogens (tertiary/aromatic N) is 4. The first-order valence-electron chi connectivity index (χ1n) is 9.97. The summed E-state index contributed by atoms with van der Waals surface area (Å²) >= 11 is 7.49. The molecule has 0 atom stereocenters. The Morgan fingerprint density at radius 2 is 2.03 bits per heavy atom. The second-order valence-electron chi connectivity index (χ2n) is 8.52. The quantitative estimate of drug-likeness (QED) is 0.578. The first kappa shape index (κ1) is 20.4. The van der Waals surface area contributed by atoms with Crippen LogP contribution in [0.3, 0.4) is 0 Å². The summed E-state index contributed by atoms with van der Waals surface area (Å²) in [6.07, 6.45) is 4.73. The Morgan fingerprint density at radius 1 is 1.29 bits per heavy atom. The Balaban J connectivity index is 1.26. The van der Waals surface area contributed by atoms with Crippen LogP contribution in [-0.4, -0.2) is 44.8 Å². The summed E-state index contributed by atoms with van der Waals surface area (Å²) in [5, 5.41) is 20.6. The number of hydrogen-bond donors (Lipinski definition) is 3. The first-order valence-corrected chi connectivity index (χ1v) is 11.2. The summed E-state index contributed by atoms with van der Waals surface area (Å²) in [6, 6.07) is 1.60. The van der Waals surface area contributed by atoms with E-state index in [2.05, 4.69) is 25.2 Å². The molecule has 5 rings (SSSR count). The molecule has 1 spiro atoms. The predicted octanol–water partition coefficient (Wildman–Crippen LogP) is 4.64. The van der Waals surface area contributed by atoms with Gasteiger partial charge in [-0.2, -0.15) is 0 Å². The van der Waals surface area contributed by atoms with Crippen LogP contribution in [0.15, 0.2) is 29.1 Å². The third kappa shape index (κ3) is 3.40. The number of hydrogen-bond acceptors (Lipinski definition) is 8. The van der Waals surface area contributed by atoms with E-state index in [4.69, 9.17) is 22.4 Å². The van der Waals surface area contributed by atoms with Crippen molar-refractivity contribution in [3.05, 3.63) is 40.7 Å². The largest absolute Gasteiger partial charge is 0.366 e. The van der Waals surface area contributed by atoms with Crippen molar-refractivity contribution in [1.29, 1.82) is 10.8 Å². The summed E-state index contributed by atoms with van der Waals surface area (Å²) < 4.78 is 13.2. The van der Waals surface area contributed by atoms with Gasteiger partial charge in [-0.05, 0) is 38.3 Å². The highest BCUT2D eigenvalue weighted by Crippen LogP contribution is 2.52. The summed E-state index contributed by atoms with van der Waals surface area (Å²) in [5.41, 5.74) is 2.89. The molecule has 3 aliphatic rings. The monoisotopic (exact) mass is 457 g/mol. The maximum absolute atomic E-state index is 13.2. The van der Waals surface area contributed by atoms with E-state index in [9.17, 15) is 4.39 Å². The van der Waals surface area contributed by atoms with E-state index in [-0.39, 0.29) is 5.41 Å². The van der Waals surface area contributed by atoms with E-state index < -0.39 is 5.82 Å². The third-order valence-electron chi connectivity index (χ3n) is 6.25. The van der Waals surface area contributed by atoms with Crippen LogP contribution in [0.25, 0.3) is 5.57 Å². The van der Waals surface area contributed by atoms with E-state index in [0.29, 0.717) is 27.6 Å². The van der Waals surface area contributed by atoms with Crippen LogP contribution in [0, 0.1) is 22.1 Å². The topological polar surface area (TPSA) is 102 Å². The van der Waals surface area contributed by atoms with Gasteiger partial charge < -0.3 is 15.6 Å². The second-order valence-corrected chi connectivity index (χ2v) is 9.95. The number of allylic oxidation sites excluding steroid dienone is 1. The molecular formula is C21H21ClFN7S. The molecule has 4 heterocycles. The zero-order chi connectivity index (χ0) is 21.9. The highest BCUT2D eigenvalue weighted by Gasteiger charge is 2.53. The number of anilines is 2. The molecule has 0 bridgehead atoms. The van der Waals surface area contributed by atoms with Crippen LogP contribution in [0.2, 0.25) is 5.02 Å². The van der Waals surface area contributed by atoms with Crippen molar-refractivity contribution in [2.45, 2.75) is 37.6 Å². The lowest BCUT2D eigenvalue weighted by molar-refractivity contribution is 0.0742. The molecule has 7 nitrogen and oxygen atoms in total. The molecule has 3 N–H and O–H groups in total. The van der Waals surface area contributed by atoms with Crippen LogP contribution < -0.4 is 10.2 Å². The zero-order valence-corrected chi connectivity index (χ0v) is 18.7. The van der Waals surface area contributed by atoms with E-state index >= 15 is 0 Å². The molecule has 1 saturated heterocycles. The zero-order valence-electron chi connectivity index (χ0n) is 17.1. The molecule has 0 aromatic carbocycles. The molecule has 2 aromatic rings. The number of halogens is 2. The highest BCUT2D eigenvalue weighted by atomic mass is 35.5. The maximum atomic E-state index is 13.2. The molecule has 1 aliphatic carbocycles. The molecule has 160 valence electrons. The van der Waals surface area contributed by atoms with Crippen molar-refractivity contribution in [3.8, 4) is 0 Å². The van der Waals surface area contributed by atoms with Crippen molar-refractivity contribution in [2.24, 2.45) is 5.41 Å². The smallest absolute Gasteiger partial charge is 0.147 e. The molecule has 0 amide bonds. The lowest BCUT2D eigenvalue weighted by atomic mass is 9.60. The van der Waals surface area contributed by atoms with E-state index in [1.54, 1.807) is 6.92 Å². The summed E-state index contributed by atoms with van der Waals surface area (Å²) in [4.78, 5) is 15.9. The molecule has 31 heavy (non-hydrogen) atoms. The van der Waals surface area contributed by atoms with Gasteiger partial charge in [0, 0.05) is 35.8 Å². The van der Waals surface area contributed by atoms with Crippen LogP contribution in [0.4, 0.5) is 16.0 Å². The average Bonchev–Trinajstić information content (AvgIpc) is 2.99. The third-order valence-corrected chi connectivity index (χ3v) is 7.53. The number of nitrogens with one attached hydrogen (secondary N) is 3. The van der Waals surface area contributed by atoms with Crippen molar-refractivity contribution in [1.82, 2.24) is 15.0 Å². The lowest BCUT2D eigenvalue weighted by Crippen LogP contribution is -2.65. The fourth-order valence-corrected chi connectivity index (χ4v) is 5.93. The standard InChI is InChI=1S/C21H21ClFN7S/c1-10(11(2)24)15-16-17(31-18(15)25)19(28-9-27-16)29-13-4-21(5-13)7-30(8-21)20-14(22)3-12(23)6-26-20/h3,6,9,13,24-25H,4-5,7-8H2,1-2H3,(H,27,28,29)/b15-10-,24-11?,25-18?. The summed E-state index contributed by atoms with van der Waals surface area (Å²) in [5.74, 6) is 0.971. The lowest BCUT2D eigenvalue weighted by Gasteiger charge is -2.59. The maximum Gasteiger partial charge on any atom is 0.147 e. The molecule has 0 radical (unpaired) electrons. The van der Waals surface area contributed by atoms with Gasteiger partial charge >= 0.3 is 0 Å². The van der Waals surface area contributed by atoms with E-state index in [1.807, 2.05) is 6.92 Å². The Morgan fingerprint density at radius 3 is 2.71 bits per heavy atom. The predicted molar refractivity (Wildman–Crippen MR) is 122 cm³/mol. The van der Waals surface area contributed by atoms with Crippen LogP contribution in [0.5, 0.6) is 0 Å². The van der Waals surface area contributed by atoms with Crippen molar-refractivity contribution in [3.63, 3.8) is 0 Å². The molecule has 1 saturated carbocycles. The van der Waals surface area contributed by atoms with Gasteiger partial charge in [-0.25, -0.2) is 19.3 Å². The Labute approximate surface area is 188 Å². The molecule has 2 aliphatic heterocycles. The van der Waals surface area contributed by atoms with Gasteiger partial charge in [-0.15, -0.1) is 0 Å². The van der Waals surface area contributed by atoms with Gasteiger partial charge in [0.25, 0.3) is 0 Å². The fourth-order valence-electron chi connectivity index (χ4n) is 4.64. The number of thioether (sulfide) groups is 1. The first-order chi connectivity index (χ1) is 14.8. The van der Waals surface area contributed by atoms with Crippen molar-refractivity contribution in [2.75, 3.05) is 23.3 Å². The van der Waals surface area contributed by atoms with E-state index in [0.717, 1.165) is 53.5 Å². The van der Waals surface area contributed by atoms with Gasteiger partial charge in [0.1, 0.15) is 28.8 Å². The Kier molecular flexibility index (Phi) is 4.78. The normalized spacial score (nSPS) is 20.9. The Hall–Kier alpha value is -2.52. The fraction of sp³-hybridized carbons (Fsp3) is 0.381. The number of pyridine rings is 1. The average molecular weight is 458 g/mol. The van der Waals surface area contributed by atoms with Gasteiger partial charge in [-0.3, -0.25) is 5.41 Å². The van der Waals surface area contributed by atoms with Crippen LogP contribution in [0.1, 0.15) is 32.4 Å². The number of fused-ring (bicyclic) bond motifs is 1. The van der Waals surface area contributed by atoms with Gasteiger partial charge in [0.05, 0.1) is 21.8 Å². The SMILES string of the molecule is CC(=N)/C(C)=C1\C(=N)Sc2c(NC3CC4(C3)CN(c3ncc(F)cc3Cl)C4)ncnc21. The summed E-state index contributed by atoms with van der Waals surface area (Å²) in [6.45, 7) is 5.30. The minimum absolute atomic E-state index is 0.228. The van der Waals surface area contributed by atoms with Crippen LogP contribution in [-0.2, 0) is 0 Å². The van der Waals surface area contributed by atoms with E-state index in [1.165, 1.54) is 30.4 Å². The molecule has 2 fully saturated rings. The van der Waals surface area contributed by atoms with Gasteiger partial charge in [0.2, 0.25) is 0 Å². The molecule has 10 heteroatoms. The van der Waals surface area contributed by atoms with Gasteiger partial charge in [-0.1, -0.05) is 23.4 Å². The molecule has 0 unspecified atom stereocenters. The highest BCUT2D eigenvalue weighted by molar-refractivity contribution is 8.15. The van der Waals surface area contributed by atoms with Crippen LogP contribution >= 0.6 is 23.4 Å². The molecular weight excluding hydrogens is 437 g/mol. The minimum atomic E-state index is -0.427. The second kappa shape index (κ2) is 7.27. The number of aromatic nitrogens is 3. The molecule has 2 aromatic heterocycles. The van der Waals surface area contributed by atoms with Crippen molar-refractivity contribution < 1.29 is 4.39 Å².